The molecule has 0 N–H and O–H groups in total. The Kier molecular flexibility index (Phi) is 6.47. The summed E-state index contributed by atoms with van der Waals surface area (Å²) in [4.78, 5) is 0. The fourth-order valence-electron chi connectivity index (χ4n) is 2.94. The molecule has 0 amide bonds. The van der Waals surface area contributed by atoms with Crippen molar-refractivity contribution < 1.29 is 9.47 Å². The molecule has 1 aliphatic heterocycles. The van der Waals surface area contributed by atoms with Gasteiger partial charge in [-0.1, -0.05) is 80.1 Å². The lowest BCUT2D eigenvalue weighted by atomic mass is 9.93. The second kappa shape index (κ2) is 9.24. The maximum atomic E-state index is 6.06. The Hall–Kier alpha value is -2.32. The molecular weight excluding hydrogens is 308 g/mol. The molecule has 2 atom stereocenters. The number of hydrogen-bond donors (Lipinski definition) is 0. The third-order valence-corrected chi connectivity index (χ3v) is 4.35. The molecule has 0 spiro atoms. The molecule has 2 aromatic rings. The van der Waals surface area contributed by atoms with Gasteiger partial charge in [-0.3, -0.25) is 0 Å². The topological polar surface area (TPSA) is 18.5 Å². The van der Waals surface area contributed by atoms with Gasteiger partial charge in [-0.15, -0.1) is 0 Å². The van der Waals surface area contributed by atoms with Gasteiger partial charge in [0.15, 0.2) is 0 Å². The van der Waals surface area contributed by atoms with Gasteiger partial charge in [0, 0.05) is 12.3 Å². The highest BCUT2D eigenvalue weighted by Gasteiger charge is 2.24. The zero-order chi connectivity index (χ0) is 17.3. The first-order valence-corrected chi connectivity index (χ1v) is 9.13. The number of unbranched alkanes of at least 4 members (excludes halogenated alkanes) is 1. The van der Waals surface area contributed by atoms with E-state index in [0.717, 1.165) is 37.2 Å². The van der Waals surface area contributed by atoms with Crippen LogP contribution in [0.1, 0.15) is 43.2 Å². The van der Waals surface area contributed by atoms with Crippen LogP contribution < -0.4 is 0 Å². The van der Waals surface area contributed by atoms with Gasteiger partial charge in [0.25, 0.3) is 0 Å². The first-order chi connectivity index (χ1) is 12.3. The number of allylic oxidation sites excluding steroid dienone is 2. The highest BCUT2D eigenvalue weighted by atomic mass is 16.7. The SMILES string of the molecule is CCCCO[C@H]1C[C@H](c2ccccc2)C=C(/C=C/c2ccccc2)O1. The van der Waals surface area contributed by atoms with Crippen LogP contribution in [0.4, 0.5) is 0 Å². The van der Waals surface area contributed by atoms with Gasteiger partial charge < -0.3 is 9.47 Å². The molecule has 0 radical (unpaired) electrons. The van der Waals surface area contributed by atoms with Gasteiger partial charge in [-0.25, -0.2) is 0 Å². The van der Waals surface area contributed by atoms with Crippen molar-refractivity contribution in [1.29, 1.82) is 0 Å². The van der Waals surface area contributed by atoms with Crippen LogP contribution in [0.5, 0.6) is 0 Å². The lowest BCUT2D eigenvalue weighted by Gasteiger charge is -2.29. The molecule has 0 saturated carbocycles. The maximum Gasteiger partial charge on any atom is 0.200 e. The van der Waals surface area contributed by atoms with Crippen molar-refractivity contribution in [2.24, 2.45) is 0 Å². The average molecular weight is 334 g/mol. The molecule has 0 fully saturated rings. The van der Waals surface area contributed by atoms with Crippen molar-refractivity contribution in [3.63, 3.8) is 0 Å². The van der Waals surface area contributed by atoms with Crippen LogP contribution in [0.25, 0.3) is 6.08 Å². The van der Waals surface area contributed by atoms with Crippen LogP contribution in [-0.4, -0.2) is 12.9 Å². The maximum absolute atomic E-state index is 6.06. The average Bonchev–Trinajstić information content (AvgIpc) is 2.68. The predicted octanol–water partition coefficient (Wildman–Crippen LogP) is 5.93. The molecule has 2 heteroatoms. The van der Waals surface area contributed by atoms with Gasteiger partial charge in [0.1, 0.15) is 5.76 Å². The van der Waals surface area contributed by atoms with Crippen LogP contribution >= 0.6 is 0 Å². The molecular formula is C23H26O2. The standard InChI is InChI=1S/C23H26O2/c1-2-3-16-24-23-18-21(20-12-8-5-9-13-20)17-22(25-23)15-14-19-10-6-4-7-11-19/h4-15,17,21,23H,2-3,16,18H2,1H3/b15-14+/t21-,23-/m1/s1. The fraction of sp³-hybridized carbons (Fsp3) is 0.304. The Morgan fingerprint density at radius 1 is 1.00 bits per heavy atom. The number of hydrogen-bond acceptors (Lipinski definition) is 2. The molecule has 1 heterocycles. The van der Waals surface area contributed by atoms with Crippen molar-refractivity contribution in [3.05, 3.63) is 89.7 Å². The van der Waals surface area contributed by atoms with Crippen molar-refractivity contribution >= 4 is 6.08 Å². The summed E-state index contributed by atoms with van der Waals surface area (Å²) in [6, 6.07) is 20.9. The van der Waals surface area contributed by atoms with E-state index >= 15 is 0 Å². The molecule has 3 rings (SSSR count). The van der Waals surface area contributed by atoms with Gasteiger partial charge in [-0.05, 0) is 29.7 Å². The van der Waals surface area contributed by atoms with E-state index in [1.54, 1.807) is 0 Å². The lowest BCUT2D eigenvalue weighted by molar-refractivity contribution is -0.126. The van der Waals surface area contributed by atoms with Crippen LogP contribution in [0.15, 0.2) is 78.6 Å². The van der Waals surface area contributed by atoms with Gasteiger partial charge in [0.05, 0.1) is 6.61 Å². The summed E-state index contributed by atoms with van der Waals surface area (Å²) in [7, 11) is 0. The zero-order valence-electron chi connectivity index (χ0n) is 14.8. The summed E-state index contributed by atoms with van der Waals surface area (Å²) < 4.78 is 12.0. The molecule has 2 nitrogen and oxygen atoms in total. The fourth-order valence-corrected chi connectivity index (χ4v) is 2.94. The Labute approximate surface area is 150 Å². The predicted molar refractivity (Wildman–Crippen MR) is 103 cm³/mol. The van der Waals surface area contributed by atoms with E-state index in [4.69, 9.17) is 9.47 Å². The molecule has 0 aromatic heterocycles. The third-order valence-electron chi connectivity index (χ3n) is 4.35. The van der Waals surface area contributed by atoms with Crippen LogP contribution in [-0.2, 0) is 9.47 Å². The molecule has 130 valence electrons. The molecule has 0 bridgehead atoms. The first kappa shape index (κ1) is 17.5. The monoisotopic (exact) mass is 334 g/mol. The van der Waals surface area contributed by atoms with E-state index in [9.17, 15) is 0 Å². The summed E-state index contributed by atoms with van der Waals surface area (Å²) in [5, 5.41) is 0. The molecule has 25 heavy (non-hydrogen) atoms. The first-order valence-electron chi connectivity index (χ1n) is 9.13. The smallest absolute Gasteiger partial charge is 0.200 e. The van der Waals surface area contributed by atoms with Gasteiger partial charge in [-0.2, -0.15) is 0 Å². The van der Waals surface area contributed by atoms with Gasteiger partial charge >= 0.3 is 0 Å². The van der Waals surface area contributed by atoms with E-state index in [0.29, 0.717) is 5.92 Å². The molecule has 1 aliphatic rings. The Balaban J connectivity index is 1.76. The van der Waals surface area contributed by atoms with Crippen molar-refractivity contribution in [3.8, 4) is 0 Å². The molecule has 0 aliphatic carbocycles. The van der Waals surface area contributed by atoms with Crippen molar-refractivity contribution in [1.82, 2.24) is 0 Å². The Bertz CT molecular complexity index is 689. The Morgan fingerprint density at radius 2 is 1.72 bits per heavy atom. The minimum atomic E-state index is -0.183. The van der Waals surface area contributed by atoms with E-state index in [-0.39, 0.29) is 6.29 Å². The second-order valence-electron chi connectivity index (χ2n) is 6.34. The highest BCUT2D eigenvalue weighted by Crippen LogP contribution is 2.32. The third kappa shape index (κ3) is 5.33. The zero-order valence-corrected chi connectivity index (χ0v) is 14.8. The lowest BCUT2D eigenvalue weighted by Crippen LogP contribution is -2.24. The van der Waals surface area contributed by atoms with E-state index in [2.05, 4.69) is 61.5 Å². The summed E-state index contributed by atoms with van der Waals surface area (Å²) in [5.41, 5.74) is 2.47. The number of rotatable bonds is 7. The van der Waals surface area contributed by atoms with Crippen LogP contribution in [0.2, 0.25) is 0 Å². The number of benzene rings is 2. The molecule has 0 unspecified atom stereocenters. The van der Waals surface area contributed by atoms with E-state index in [1.807, 2.05) is 24.3 Å². The summed E-state index contributed by atoms with van der Waals surface area (Å²) in [6.07, 6.45) is 9.20. The summed E-state index contributed by atoms with van der Waals surface area (Å²) in [6.45, 7) is 2.92. The molecule has 0 saturated heterocycles. The van der Waals surface area contributed by atoms with Gasteiger partial charge in [0.2, 0.25) is 6.29 Å². The highest BCUT2D eigenvalue weighted by molar-refractivity contribution is 5.52. The molecule has 2 aromatic carbocycles. The number of ether oxygens (including phenoxy) is 2. The van der Waals surface area contributed by atoms with E-state index < -0.39 is 0 Å². The minimum absolute atomic E-state index is 0.183. The Morgan fingerprint density at radius 3 is 2.44 bits per heavy atom. The van der Waals surface area contributed by atoms with Crippen LogP contribution in [0, 0.1) is 0 Å². The van der Waals surface area contributed by atoms with Crippen molar-refractivity contribution in [2.45, 2.75) is 38.4 Å². The second-order valence-corrected chi connectivity index (χ2v) is 6.34. The van der Waals surface area contributed by atoms with Crippen LogP contribution in [0.3, 0.4) is 0 Å². The van der Waals surface area contributed by atoms with Crippen molar-refractivity contribution in [2.75, 3.05) is 6.61 Å². The quantitative estimate of drug-likeness (QED) is 0.584. The normalized spacial score (nSPS) is 20.3. The summed E-state index contributed by atoms with van der Waals surface area (Å²) >= 11 is 0. The van der Waals surface area contributed by atoms with E-state index in [1.165, 1.54) is 5.56 Å². The largest absolute Gasteiger partial charge is 0.465 e. The minimum Gasteiger partial charge on any atom is -0.465 e. The summed E-state index contributed by atoms with van der Waals surface area (Å²) in [5.74, 6) is 1.20.